The van der Waals surface area contributed by atoms with Gasteiger partial charge in [0.05, 0.1) is 42.0 Å². The number of carboxylic acids is 2. The van der Waals surface area contributed by atoms with Gasteiger partial charge in [-0.25, -0.2) is 54.3 Å². The number of aromatic nitrogens is 12. The maximum Gasteiger partial charge on any atom is 1.00 e. The number of morpholine rings is 1. The summed E-state index contributed by atoms with van der Waals surface area (Å²) in [6.45, 7) is 12.4. The first-order valence-electron chi connectivity index (χ1n) is 35.9. The van der Waals surface area contributed by atoms with Crippen LogP contribution in [0, 0.1) is 44.3 Å². The standard InChI is InChI=1S/C27H26F3N5O4.C21H14F3N3O4.C20H14N4O.C13H9N3O3.CH3Br.CH3I.Ar.Na.H/c28-27(29,30)39-23-5-1-19(2-6-23)17-38-22-7-3-21(4-8-22)35-18-33-24-15-20(16-32-25(24)35)26(36)31-9-10-34-11-13-37-14-12-34;22-21(23,24)31-17-5-1-13(2-6-17)11-30-16-7-3-15(4-8-16)27-12-26-18-9-14(20(28)29)10-25-19(18)27;1-21-16-11-19-20(22-12-16)24(14-23-19)17-7-9-18(10-8-17)25-13-15-5-3-2-4-6-15;17-10-3-1-9(2-4-10)16-7-15-11-5-8(13(18)19)6-14-12(11)16;2*1-2;;;/h1-8,15-16,18H,9-14,17H2,(H,31,36);1-10,12H,11H2,(H,28,29);2-12,14H,13H2;1-7,17H,(H,18,19);2*1H3;;;/q;;;;;;;+1;-1/i;;;;;1D;;;. The second kappa shape index (κ2) is 44.7. The van der Waals surface area contributed by atoms with Gasteiger partial charge in [-0.05, 0) is 173 Å². The number of aromatic carboxylic acids is 2. The first-order valence-corrected chi connectivity index (χ1v) is 38.3. The number of nitrogens with zero attached hydrogens (tertiary/aromatic N) is 14. The van der Waals surface area contributed by atoms with Crippen LogP contribution in [0.2, 0.25) is 0 Å². The molecule has 1 aliphatic rings. The van der Waals surface area contributed by atoms with Crippen molar-refractivity contribution < 1.29 is 155 Å². The van der Waals surface area contributed by atoms with Crippen molar-refractivity contribution in [1.82, 2.24) is 68.4 Å². The number of aromatic hydroxyl groups is 1. The predicted octanol–water partition coefficient (Wildman–Crippen LogP) is 14.1. The van der Waals surface area contributed by atoms with Crippen LogP contribution in [0.4, 0.5) is 32.0 Å². The number of amides is 1. The number of rotatable bonds is 21. The van der Waals surface area contributed by atoms with Crippen molar-refractivity contribution in [3.63, 3.8) is 0 Å². The number of phenols is 1. The van der Waals surface area contributed by atoms with E-state index < -0.39 is 24.7 Å². The molecule has 8 aromatic heterocycles. The molecule has 1 amide bonds. The van der Waals surface area contributed by atoms with E-state index in [9.17, 15) is 45.8 Å². The Hall–Kier alpha value is -11.3. The number of benzene rings is 7. The largest absolute Gasteiger partial charge is 1.00 e. The number of fused-ring (bicyclic) bond motifs is 4. The van der Waals surface area contributed by atoms with Crippen LogP contribution < -0.4 is 58.6 Å². The SMILES string of the molecule is CBr.O=C(NCCN1CCOCC1)c1cnc2c(c1)ncn2-c1ccc(OCc2ccc(OC(F)(F)F)cc2)cc1.O=C(O)c1cnc2c(c1)ncn2-c1ccc(O)cc1.O=C(O)c1cnc2c(c1)ncn2-c1ccc(OCc2ccc(OC(F)(F)F)cc2)cc1.[2H]CI.[Ar].[C-]#[N+]c1cnc2c(c1)ncn2-c1ccc(OCc2ccccc2)cc1.[H-].[Na+]. The van der Waals surface area contributed by atoms with Crippen molar-refractivity contribution in [2.75, 3.05) is 50.1 Å². The zero-order valence-electron chi connectivity index (χ0n) is 65.4. The number of carboxylic acid groups (broad SMARTS) is 2. The summed E-state index contributed by atoms with van der Waals surface area (Å²) in [7, 11) is 0. The minimum Gasteiger partial charge on any atom is -1.00 e. The van der Waals surface area contributed by atoms with Crippen LogP contribution in [-0.4, -0.2) is 159 Å². The quantitative estimate of drug-likeness (QED) is 0.0171. The molecule has 1 aliphatic heterocycles. The smallest absolute Gasteiger partial charge is 1.00 e. The van der Waals surface area contributed by atoms with E-state index in [0.29, 0.717) is 104 Å². The molecule has 1 fully saturated rings. The van der Waals surface area contributed by atoms with Gasteiger partial charge >= 0.3 is 54.2 Å². The molecule has 16 rings (SSSR count). The summed E-state index contributed by atoms with van der Waals surface area (Å²) < 4.78 is 117. The molecule has 120 heavy (non-hydrogen) atoms. The summed E-state index contributed by atoms with van der Waals surface area (Å²) in [5, 5.41) is 30.1. The van der Waals surface area contributed by atoms with E-state index in [0.717, 1.165) is 59.3 Å². The summed E-state index contributed by atoms with van der Waals surface area (Å²) in [5.41, 5.74) is 11.5. The van der Waals surface area contributed by atoms with E-state index in [2.05, 4.69) is 80.3 Å². The van der Waals surface area contributed by atoms with Crippen LogP contribution in [0.25, 0.3) is 72.3 Å². The maximum absolute atomic E-state index is 12.6. The molecule has 0 unspecified atom stereocenters. The van der Waals surface area contributed by atoms with Crippen LogP contribution in [0.1, 0.15) is 50.6 Å². The van der Waals surface area contributed by atoms with Crippen LogP contribution in [0.3, 0.4) is 0 Å². The normalized spacial score (nSPS) is 11.7. The molecule has 15 aromatic rings. The Kier molecular flexibility index (Phi) is 33.9. The number of pyridine rings is 4. The number of alkyl halides is 8. The van der Waals surface area contributed by atoms with Crippen LogP contribution >= 0.6 is 38.5 Å². The maximum atomic E-state index is 12.6. The number of nitrogens with one attached hydrogen (secondary N) is 1. The molecule has 37 heteroatoms. The number of hydrogen-bond donors (Lipinski definition) is 4. The third kappa shape index (κ3) is 26.1. The number of imidazole rings is 4. The van der Waals surface area contributed by atoms with Crippen molar-refractivity contribution in [1.29, 1.82) is 0 Å². The number of carbonyl (C=O) groups excluding carboxylic acids is 1. The first kappa shape index (κ1) is 91.0. The first-order chi connectivity index (χ1) is 57.5. The number of phenolic OH excluding ortho intramolecular Hbond substituents is 1. The van der Waals surface area contributed by atoms with Crippen molar-refractivity contribution >= 4 is 107 Å². The van der Waals surface area contributed by atoms with E-state index in [4.69, 9.17) is 37.1 Å². The van der Waals surface area contributed by atoms with E-state index in [1.54, 1.807) is 118 Å². The van der Waals surface area contributed by atoms with Gasteiger partial charge in [-0.3, -0.25) is 28.0 Å². The molecular formula is C83H70ArBrF6IN15NaO12. The van der Waals surface area contributed by atoms with Gasteiger partial charge < -0.3 is 50.5 Å². The Morgan fingerprint density at radius 1 is 0.508 bits per heavy atom. The Bertz CT molecular complexity index is 5930. The Balaban J connectivity index is 0.000000202. The minimum absolute atomic E-state index is 0. The second-order valence-corrected chi connectivity index (χ2v) is 24.9. The van der Waals surface area contributed by atoms with Gasteiger partial charge in [-0.15, -0.1) is 26.3 Å². The van der Waals surface area contributed by atoms with Gasteiger partial charge in [0.15, 0.2) is 22.6 Å². The summed E-state index contributed by atoms with van der Waals surface area (Å²) in [4.78, 5) is 74.8. The Labute approximate surface area is 757 Å². The molecule has 7 aromatic carbocycles. The number of carbonyl (C=O) groups is 3. The van der Waals surface area contributed by atoms with E-state index in [1.807, 2.05) is 99.7 Å². The third-order valence-corrected chi connectivity index (χ3v) is 17.1. The molecule has 0 bridgehead atoms. The zero-order valence-corrected chi connectivity index (χ0v) is 69.8. The Morgan fingerprint density at radius 3 is 1.19 bits per heavy atom. The Morgan fingerprint density at radius 2 is 0.833 bits per heavy atom. The molecule has 0 aliphatic carbocycles. The fourth-order valence-electron chi connectivity index (χ4n) is 11.4. The molecular weight excluding hydrogens is 1780 g/mol. The molecule has 0 radical (unpaired) electrons. The summed E-state index contributed by atoms with van der Waals surface area (Å²) in [6.07, 6.45) is 2.67. The second-order valence-electron chi connectivity index (χ2n) is 24.9. The van der Waals surface area contributed by atoms with Gasteiger partial charge in [0.2, 0.25) is 5.69 Å². The molecule has 9 heterocycles. The van der Waals surface area contributed by atoms with Crippen molar-refractivity contribution in [3.05, 3.63) is 295 Å². The van der Waals surface area contributed by atoms with Gasteiger partial charge in [0.25, 0.3) is 5.91 Å². The van der Waals surface area contributed by atoms with Crippen LogP contribution in [0.5, 0.6) is 34.5 Å². The molecule has 4 N–H and O–H groups in total. The van der Waals surface area contributed by atoms with E-state index in [-0.39, 0.29) is 116 Å². The van der Waals surface area contributed by atoms with Crippen LogP contribution in [-0.2, 0) is 24.6 Å². The van der Waals surface area contributed by atoms with Crippen molar-refractivity contribution in [2.45, 2.75) is 32.5 Å². The average Bonchev–Trinajstić information content (AvgIpc) is 1.66. The monoisotopic (exact) mass is 1850 g/mol. The van der Waals surface area contributed by atoms with Gasteiger partial charge in [0, 0.05) is 113 Å². The van der Waals surface area contributed by atoms with E-state index in [1.165, 1.54) is 79.3 Å². The number of hydrogen-bond acceptors (Lipinski definition) is 19. The van der Waals surface area contributed by atoms with E-state index >= 15 is 0 Å². The van der Waals surface area contributed by atoms with Gasteiger partial charge in [0.1, 0.15) is 96.2 Å². The average molecular weight is 1850 g/mol. The number of halogens is 8. The molecule has 0 saturated carbocycles. The zero-order chi connectivity index (χ0) is 84.4. The minimum atomic E-state index is -4.73. The summed E-state index contributed by atoms with van der Waals surface area (Å²) in [5.74, 6) is 1.05. The number of ether oxygens (including phenoxy) is 6. The fourth-order valence-corrected chi connectivity index (χ4v) is 11.4. The fraction of sp³-hybridized carbons (Fsp3) is 0.157. The third-order valence-electron chi connectivity index (χ3n) is 17.1. The topological polar surface area (TPSA) is 310 Å². The molecule has 614 valence electrons. The molecule has 0 spiro atoms. The van der Waals surface area contributed by atoms with Crippen molar-refractivity contribution in [3.8, 4) is 57.2 Å². The summed E-state index contributed by atoms with van der Waals surface area (Å²) >= 11 is 4.89. The van der Waals surface area contributed by atoms with Gasteiger partial charge in [-0.2, -0.15) is 0 Å². The predicted molar refractivity (Wildman–Crippen MR) is 438 cm³/mol. The molecule has 0 atom stereocenters. The molecule has 27 nitrogen and oxygen atoms in total. The van der Waals surface area contributed by atoms with Crippen LogP contribution in [0.15, 0.2) is 250 Å². The molecule has 1 saturated heterocycles. The van der Waals surface area contributed by atoms with Crippen molar-refractivity contribution in [2.24, 2.45) is 0 Å². The van der Waals surface area contributed by atoms with Gasteiger partial charge in [-0.1, -0.05) is 93.1 Å². The summed E-state index contributed by atoms with van der Waals surface area (Å²) in [6, 6.07) is 56.0.